The van der Waals surface area contributed by atoms with Crippen LogP contribution in [0.1, 0.15) is 25.7 Å². The number of fused-ring (bicyclic) bond motifs is 1. The van der Waals surface area contributed by atoms with Crippen molar-refractivity contribution in [3.05, 3.63) is 36.4 Å². The molecule has 0 unspecified atom stereocenters. The van der Waals surface area contributed by atoms with Crippen LogP contribution in [0.2, 0.25) is 0 Å². The van der Waals surface area contributed by atoms with Gasteiger partial charge < -0.3 is 5.73 Å². The molecule has 1 saturated carbocycles. The molecular formula is C16H20N2O2S. The lowest BCUT2D eigenvalue weighted by molar-refractivity contribution is 0.520. The number of anilines is 1. The molecule has 0 amide bonds. The molecule has 112 valence electrons. The molecule has 2 aromatic rings. The summed E-state index contributed by atoms with van der Waals surface area (Å²) in [5.74, 6) is 0.472. The Morgan fingerprint density at radius 1 is 1.05 bits per heavy atom. The Morgan fingerprint density at radius 2 is 1.71 bits per heavy atom. The summed E-state index contributed by atoms with van der Waals surface area (Å²) >= 11 is 0. The SMILES string of the molecule is Nc1ccc(S(=O)(=O)NCC2CCCC2)c2ccccc12. The van der Waals surface area contributed by atoms with Crippen molar-refractivity contribution >= 4 is 26.5 Å². The van der Waals surface area contributed by atoms with E-state index in [1.54, 1.807) is 18.2 Å². The molecule has 1 aliphatic rings. The second-order valence-corrected chi connectivity index (χ2v) is 7.44. The minimum atomic E-state index is -3.50. The summed E-state index contributed by atoms with van der Waals surface area (Å²) in [6.45, 7) is 0.529. The lowest BCUT2D eigenvalue weighted by atomic mass is 10.1. The molecule has 21 heavy (non-hydrogen) atoms. The predicted molar refractivity (Wildman–Crippen MR) is 85.5 cm³/mol. The van der Waals surface area contributed by atoms with Gasteiger partial charge in [-0.3, -0.25) is 0 Å². The van der Waals surface area contributed by atoms with Gasteiger partial charge in [-0.15, -0.1) is 0 Å². The highest BCUT2D eigenvalue weighted by atomic mass is 32.2. The summed E-state index contributed by atoms with van der Waals surface area (Å²) in [5.41, 5.74) is 6.52. The van der Waals surface area contributed by atoms with Crippen molar-refractivity contribution in [2.75, 3.05) is 12.3 Å². The van der Waals surface area contributed by atoms with Gasteiger partial charge in [0.2, 0.25) is 10.0 Å². The third-order valence-electron chi connectivity index (χ3n) is 4.24. The van der Waals surface area contributed by atoms with Crippen LogP contribution in [-0.4, -0.2) is 15.0 Å². The van der Waals surface area contributed by atoms with Crippen LogP contribution in [0.25, 0.3) is 10.8 Å². The maximum atomic E-state index is 12.6. The quantitative estimate of drug-likeness (QED) is 0.853. The van der Waals surface area contributed by atoms with Crippen LogP contribution >= 0.6 is 0 Å². The number of nitrogens with one attached hydrogen (secondary N) is 1. The molecule has 3 N–H and O–H groups in total. The number of hydrogen-bond acceptors (Lipinski definition) is 3. The Morgan fingerprint density at radius 3 is 2.43 bits per heavy atom. The minimum absolute atomic E-state index is 0.310. The standard InChI is InChI=1S/C16H20N2O2S/c17-15-9-10-16(14-8-4-3-7-13(14)15)21(19,20)18-11-12-5-1-2-6-12/h3-4,7-10,12,18H,1-2,5-6,11,17H2. The summed E-state index contributed by atoms with van der Waals surface area (Å²) in [7, 11) is -3.50. The van der Waals surface area contributed by atoms with E-state index in [0.29, 0.717) is 28.4 Å². The van der Waals surface area contributed by atoms with Gasteiger partial charge in [-0.1, -0.05) is 37.1 Å². The Bertz CT molecular complexity index is 750. The first-order valence-corrected chi connectivity index (χ1v) is 8.83. The summed E-state index contributed by atoms with van der Waals surface area (Å²) in [6, 6.07) is 10.6. The maximum absolute atomic E-state index is 12.6. The topological polar surface area (TPSA) is 72.2 Å². The van der Waals surface area contributed by atoms with Gasteiger partial charge in [0.15, 0.2) is 0 Å². The van der Waals surface area contributed by atoms with Gasteiger partial charge in [-0.05, 0) is 30.9 Å². The van der Waals surface area contributed by atoms with E-state index in [1.165, 1.54) is 12.8 Å². The van der Waals surface area contributed by atoms with Crippen molar-refractivity contribution in [1.29, 1.82) is 0 Å². The predicted octanol–water partition coefficient (Wildman–Crippen LogP) is 2.89. The molecule has 0 radical (unpaired) electrons. The minimum Gasteiger partial charge on any atom is -0.398 e. The van der Waals surface area contributed by atoms with E-state index in [0.717, 1.165) is 18.2 Å². The van der Waals surface area contributed by atoms with Crippen molar-refractivity contribution in [2.45, 2.75) is 30.6 Å². The fraction of sp³-hybridized carbons (Fsp3) is 0.375. The third-order valence-corrected chi connectivity index (χ3v) is 5.73. The van der Waals surface area contributed by atoms with Gasteiger partial charge in [0.05, 0.1) is 4.90 Å². The first-order valence-electron chi connectivity index (χ1n) is 7.35. The van der Waals surface area contributed by atoms with E-state index in [2.05, 4.69) is 4.72 Å². The fourth-order valence-corrected chi connectivity index (χ4v) is 4.37. The number of nitrogens with two attached hydrogens (primary N) is 1. The number of hydrogen-bond donors (Lipinski definition) is 2. The van der Waals surface area contributed by atoms with Gasteiger partial charge in [0, 0.05) is 23.0 Å². The zero-order valence-electron chi connectivity index (χ0n) is 11.9. The molecule has 2 aromatic carbocycles. The van der Waals surface area contributed by atoms with Crippen molar-refractivity contribution < 1.29 is 8.42 Å². The van der Waals surface area contributed by atoms with Crippen molar-refractivity contribution in [2.24, 2.45) is 5.92 Å². The Hall–Kier alpha value is -1.59. The zero-order valence-corrected chi connectivity index (χ0v) is 12.7. The number of nitrogen functional groups attached to an aromatic ring is 1. The van der Waals surface area contributed by atoms with Crippen LogP contribution in [0.5, 0.6) is 0 Å². The summed E-state index contributed by atoms with van der Waals surface area (Å²) in [6.07, 6.45) is 4.64. The number of rotatable bonds is 4. The first kappa shape index (κ1) is 14.4. The lowest BCUT2D eigenvalue weighted by Crippen LogP contribution is -2.28. The van der Waals surface area contributed by atoms with Crippen LogP contribution in [0.3, 0.4) is 0 Å². The van der Waals surface area contributed by atoms with Crippen LogP contribution < -0.4 is 10.5 Å². The summed E-state index contributed by atoms with van der Waals surface area (Å²) in [4.78, 5) is 0.310. The van der Waals surface area contributed by atoms with Crippen LogP contribution in [0.4, 0.5) is 5.69 Å². The highest BCUT2D eigenvalue weighted by Gasteiger charge is 2.21. The van der Waals surface area contributed by atoms with Crippen LogP contribution in [-0.2, 0) is 10.0 Å². The monoisotopic (exact) mass is 304 g/mol. The average molecular weight is 304 g/mol. The molecule has 0 aromatic heterocycles. The van der Waals surface area contributed by atoms with E-state index < -0.39 is 10.0 Å². The van der Waals surface area contributed by atoms with Crippen molar-refractivity contribution in [3.63, 3.8) is 0 Å². The maximum Gasteiger partial charge on any atom is 0.241 e. The van der Waals surface area contributed by atoms with Crippen molar-refractivity contribution in [1.82, 2.24) is 4.72 Å². The molecule has 0 spiro atoms. The molecule has 3 rings (SSSR count). The average Bonchev–Trinajstić information content (AvgIpc) is 2.99. The smallest absolute Gasteiger partial charge is 0.241 e. The lowest BCUT2D eigenvalue weighted by Gasteiger charge is -2.13. The Balaban J connectivity index is 1.93. The van der Waals surface area contributed by atoms with Gasteiger partial charge in [0.25, 0.3) is 0 Å². The molecule has 0 atom stereocenters. The van der Waals surface area contributed by atoms with Crippen LogP contribution in [0, 0.1) is 5.92 Å². The summed E-state index contributed by atoms with van der Waals surface area (Å²) < 4.78 is 27.9. The zero-order chi connectivity index (χ0) is 14.9. The molecule has 4 nitrogen and oxygen atoms in total. The second-order valence-electron chi connectivity index (χ2n) is 5.70. The third kappa shape index (κ3) is 2.89. The first-order chi connectivity index (χ1) is 10.1. The highest BCUT2D eigenvalue weighted by molar-refractivity contribution is 7.89. The van der Waals surface area contributed by atoms with Gasteiger partial charge in [-0.2, -0.15) is 0 Å². The van der Waals surface area contributed by atoms with E-state index in [-0.39, 0.29) is 0 Å². The number of sulfonamides is 1. The van der Waals surface area contributed by atoms with Crippen LogP contribution in [0.15, 0.2) is 41.3 Å². The van der Waals surface area contributed by atoms with Gasteiger partial charge in [0.1, 0.15) is 0 Å². The van der Waals surface area contributed by atoms with E-state index in [4.69, 9.17) is 5.73 Å². The fourth-order valence-electron chi connectivity index (χ4n) is 3.05. The van der Waals surface area contributed by atoms with E-state index in [9.17, 15) is 8.42 Å². The molecule has 5 heteroatoms. The molecule has 1 aliphatic carbocycles. The summed E-state index contributed by atoms with van der Waals surface area (Å²) in [5, 5.41) is 1.46. The number of benzene rings is 2. The molecule has 0 aliphatic heterocycles. The molecule has 0 bridgehead atoms. The molecule has 1 fully saturated rings. The highest BCUT2D eigenvalue weighted by Crippen LogP contribution is 2.28. The molecular weight excluding hydrogens is 284 g/mol. The van der Waals surface area contributed by atoms with E-state index in [1.807, 2.05) is 18.2 Å². The largest absolute Gasteiger partial charge is 0.398 e. The van der Waals surface area contributed by atoms with Gasteiger partial charge >= 0.3 is 0 Å². The van der Waals surface area contributed by atoms with Crippen molar-refractivity contribution in [3.8, 4) is 0 Å². The normalized spacial score (nSPS) is 16.6. The second kappa shape index (κ2) is 5.66. The molecule has 0 saturated heterocycles. The Kier molecular flexibility index (Phi) is 3.87. The van der Waals surface area contributed by atoms with E-state index >= 15 is 0 Å². The van der Waals surface area contributed by atoms with Gasteiger partial charge in [-0.25, -0.2) is 13.1 Å². The molecule has 0 heterocycles. The Labute approximate surface area is 125 Å².